The van der Waals surface area contributed by atoms with Crippen LogP contribution in [0.25, 0.3) is 0 Å². The van der Waals surface area contributed by atoms with Crippen LogP contribution in [0.4, 0.5) is 0 Å². The first-order chi connectivity index (χ1) is 14.5. The molecule has 1 saturated heterocycles. The van der Waals surface area contributed by atoms with Crippen LogP contribution >= 0.6 is 24.8 Å². The molecule has 0 radical (unpaired) electrons. The molecular weight excluding hydrogens is 455 g/mol. The van der Waals surface area contributed by atoms with E-state index in [2.05, 4.69) is 15.6 Å². The van der Waals surface area contributed by atoms with Crippen molar-refractivity contribution < 1.29 is 14.4 Å². The second-order valence-corrected chi connectivity index (χ2v) is 7.42. The zero-order valence-electron chi connectivity index (χ0n) is 18.2. The Bertz CT molecular complexity index is 746. The highest BCUT2D eigenvalue weighted by Crippen LogP contribution is 2.20. The van der Waals surface area contributed by atoms with E-state index in [-0.39, 0.29) is 42.6 Å². The summed E-state index contributed by atoms with van der Waals surface area (Å²) in [5.41, 5.74) is 11.6. The molecule has 2 rings (SSSR count). The minimum Gasteiger partial charge on any atom is -0.370 e. The van der Waals surface area contributed by atoms with Gasteiger partial charge in [-0.05, 0) is 44.7 Å². The predicted octanol–water partition coefficient (Wildman–Crippen LogP) is 0.389. The minimum absolute atomic E-state index is 0. The first-order valence-corrected chi connectivity index (χ1v) is 10.3. The lowest BCUT2D eigenvalue weighted by Crippen LogP contribution is -2.54. The number of nitrogens with two attached hydrogens (primary N) is 2. The fourth-order valence-corrected chi connectivity index (χ4v) is 3.64. The number of halogens is 2. The Hall–Kier alpha value is -2.36. The Labute approximate surface area is 201 Å². The van der Waals surface area contributed by atoms with E-state index < -0.39 is 18.1 Å². The zero-order chi connectivity index (χ0) is 21.9. The molecule has 1 aliphatic rings. The standard InChI is InChI=1S/C21H32N6O3.2ClH/c1-24-17(13-15-7-3-2-4-8-15)20(30)27-12-6-10-18(27)19(29)26-16(14-28)9-5-11-25-21(22)23;;/h2-4,7-8,14,16-18,24H,5-6,9-13H2,1H3,(H,26,29)(H4,22,23,25);2*1H/t16-,17+,18-;;/m0../s1. The SMILES string of the molecule is CN[C@H](Cc1ccccc1)C(=O)N1CCC[C@H]1C(=O)N[C@H](C=O)CCCN=C(N)N.Cl.Cl. The van der Waals surface area contributed by atoms with E-state index in [1.165, 1.54) is 0 Å². The van der Waals surface area contributed by atoms with Gasteiger partial charge in [-0.25, -0.2) is 0 Å². The summed E-state index contributed by atoms with van der Waals surface area (Å²) in [6.07, 6.45) is 3.58. The number of likely N-dealkylation sites (N-methyl/N-ethyl adjacent to an activating group) is 1. The van der Waals surface area contributed by atoms with E-state index in [9.17, 15) is 14.4 Å². The van der Waals surface area contributed by atoms with E-state index in [0.717, 1.165) is 12.0 Å². The van der Waals surface area contributed by atoms with Gasteiger partial charge in [0.25, 0.3) is 0 Å². The van der Waals surface area contributed by atoms with Gasteiger partial charge < -0.3 is 31.8 Å². The van der Waals surface area contributed by atoms with E-state index in [1.807, 2.05) is 30.3 Å². The van der Waals surface area contributed by atoms with Crippen molar-refractivity contribution >= 4 is 48.9 Å². The van der Waals surface area contributed by atoms with Gasteiger partial charge in [0, 0.05) is 13.1 Å². The molecule has 1 fully saturated rings. The van der Waals surface area contributed by atoms with E-state index in [4.69, 9.17) is 11.5 Å². The Morgan fingerprint density at radius 1 is 1.25 bits per heavy atom. The average Bonchev–Trinajstić information content (AvgIpc) is 3.24. The highest BCUT2D eigenvalue weighted by Gasteiger charge is 2.37. The molecule has 2 amide bonds. The van der Waals surface area contributed by atoms with Crippen molar-refractivity contribution in [1.82, 2.24) is 15.5 Å². The smallest absolute Gasteiger partial charge is 0.243 e. The molecule has 0 saturated carbocycles. The Balaban J connectivity index is 0.00000480. The maximum absolute atomic E-state index is 13.1. The molecular formula is C21H34Cl2N6O3. The van der Waals surface area contributed by atoms with Crippen molar-refractivity contribution in [3.63, 3.8) is 0 Å². The maximum atomic E-state index is 13.1. The number of carbonyl (C=O) groups is 3. The molecule has 32 heavy (non-hydrogen) atoms. The molecule has 1 aromatic carbocycles. The molecule has 0 spiro atoms. The Kier molecular flexibility index (Phi) is 14.3. The van der Waals surface area contributed by atoms with Crippen molar-refractivity contribution in [2.45, 2.75) is 50.2 Å². The third kappa shape index (κ3) is 9.02. The molecule has 3 atom stereocenters. The first kappa shape index (κ1) is 29.6. The number of nitrogens with one attached hydrogen (secondary N) is 2. The molecule has 9 nitrogen and oxygen atoms in total. The summed E-state index contributed by atoms with van der Waals surface area (Å²) in [6, 6.07) is 8.14. The number of amides is 2. The van der Waals surface area contributed by atoms with Crippen molar-refractivity contribution in [1.29, 1.82) is 0 Å². The molecule has 180 valence electrons. The number of hydrogen-bond acceptors (Lipinski definition) is 5. The molecule has 1 aromatic rings. The van der Waals surface area contributed by atoms with E-state index in [0.29, 0.717) is 45.1 Å². The number of rotatable bonds is 11. The number of hydrogen-bond donors (Lipinski definition) is 4. The van der Waals surface area contributed by atoms with Gasteiger partial charge in [0.2, 0.25) is 11.8 Å². The van der Waals surface area contributed by atoms with Crippen LogP contribution in [0.1, 0.15) is 31.2 Å². The summed E-state index contributed by atoms with van der Waals surface area (Å²) in [7, 11) is 1.75. The van der Waals surface area contributed by atoms with E-state index >= 15 is 0 Å². The lowest BCUT2D eigenvalue weighted by molar-refractivity contribution is -0.140. The van der Waals surface area contributed by atoms with Gasteiger partial charge in [0.1, 0.15) is 12.3 Å². The molecule has 1 heterocycles. The van der Waals surface area contributed by atoms with Crippen LogP contribution in [0.3, 0.4) is 0 Å². The summed E-state index contributed by atoms with van der Waals surface area (Å²) >= 11 is 0. The third-order valence-electron chi connectivity index (χ3n) is 5.23. The monoisotopic (exact) mass is 488 g/mol. The topological polar surface area (TPSA) is 143 Å². The highest BCUT2D eigenvalue weighted by atomic mass is 35.5. The zero-order valence-corrected chi connectivity index (χ0v) is 19.9. The van der Waals surface area contributed by atoms with Gasteiger partial charge in [0.15, 0.2) is 5.96 Å². The summed E-state index contributed by atoms with van der Waals surface area (Å²) in [4.78, 5) is 42.8. The van der Waals surface area contributed by atoms with Crippen LogP contribution in [0.15, 0.2) is 35.3 Å². The van der Waals surface area contributed by atoms with Crippen LogP contribution in [0, 0.1) is 0 Å². The second kappa shape index (κ2) is 15.4. The Morgan fingerprint density at radius 2 is 1.94 bits per heavy atom. The number of carbonyl (C=O) groups excluding carboxylic acids is 3. The van der Waals surface area contributed by atoms with Gasteiger partial charge in [-0.3, -0.25) is 14.6 Å². The predicted molar refractivity (Wildman–Crippen MR) is 130 cm³/mol. The van der Waals surface area contributed by atoms with Crippen LogP contribution < -0.4 is 22.1 Å². The van der Waals surface area contributed by atoms with Crippen LogP contribution in [-0.4, -0.2) is 67.2 Å². The van der Waals surface area contributed by atoms with Crippen LogP contribution in [0.2, 0.25) is 0 Å². The fourth-order valence-electron chi connectivity index (χ4n) is 3.64. The minimum atomic E-state index is -0.631. The molecule has 0 aromatic heterocycles. The maximum Gasteiger partial charge on any atom is 0.243 e. The average molecular weight is 489 g/mol. The molecule has 11 heteroatoms. The van der Waals surface area contributed by atoms with E-state index in [1.54, 1.807) is 11.9 Å². The second-order valence-electron chi connectivity index (χ2n) is 7.42. The van der Waals surface area contributed by atoms with Crippen molar-refractivity contribution in [2.75, 3.05) is 20.1 Å². The number of aldehydes is 1. The summed E-state index contributed by atoms with van der Waals surface area (Å²) in [6.45, 7) is 0.917. The lowest BCUT2D eigenvalue weighted by atomic mass is 10.0. The molecule has 0 unspecified atom stereocenters. The van der Waals surface area contributed by atoms with Gasteiger partial charge in [-0.15, -0.1) is 24.8 Å². The number of benzene rings is 1. The van der Waals surface area contributed by atoms with Gasteiger partial charge >= 0.3 is 0 Å². The Morgan fingerprint density at radius 3 is 2.53 bits per heavy atom. The number of guanidine groups is 1. The lowest BCUT2D eigenvalue weighted by Gasteiger charge is -2.29. The van der Waals surface area contributed by atoms with Gasteiger partial charge in [-0.2, -0.15) is 0 Å². The molecule has 0 bridgehead atoms. The van der Waals surface area contributed by atoms with Gasteiger partial charge in [-0.1, -0.05) is 30.3 Å². The van der Waals surface area contributed by atoms with Crippen molar-refractivity contribution in [2.24, 2.45) is 16.5 Å². The molecule has 6 N–H and O–H groups in total. The number of aliphatic imine (C=N–C) groups is 1. The van der Waals surface area contributed by atoms with Gasteiger partial charge in [0.05, 0.1) is 12.1 Å². The quantitative estimate of drug-likeness (QED) is 0.153. The molecule has 1 aliphatic heterocycles. The fraction of sp³-hybridized carbons (Fsp3) is 0.524. The third-order valence-corrected chi connectivity index (χ3v) is 5.23. The first-order valence-electron chi connectivity index (χ1n) is 10.3. The summed E-state index contributed by atoms with van der Waals surface area (Å²) in [5.74, 6) is -0.403. The van der Waals surface area contributed by atoms with Crippen molar-refractivity contribution in [3.05, 3.63) is 35.9 Å². The largest absolute Gasteiger partial charge is 0.370 e. The molecule has 0 aliphatic carbocycles. The van der Waals surface area contributed by atoms with Crippen LogP contribution in [-0.2, 0) is 20.8 Å². The van der Waals surface area contributed by atoms with Crippen molar-refractivity contribution in [3.8, 4) is 0 Å². The summed E-state index contributed by atoms with van der Waals surface area (Å²) in [5, 5.41) is 5.83. The number of nitrogens with zero attached hydrogens (tertiary/aromatic N) is 2. The number of likely N-dealkylation sites (tertiary alicyclic amines) is 1. The summed E-state index contributed by atoms with van der Waals surface area (Å²) < 4.78 is 0. The highest BCUT2D eigenvalue weighted by molar-refractivity contribution is 5.91. The van der Waals surface area contributed by atoms with Crippen LogP contribution in [0.5, 0.6) is 0 Å². The normalized spacial score (nSPS) is 16.7.